The highest BCUT2D eigenvalue weighted by atomic mass is 32.2. The zero-order chi connectivity index (χ0) is 18.9. The third-order valence-corrected chi connectivity index (χ3v) is 6.80. The smallest absolute Gasteiger partial charge is 0.268 e. The van der Waals surface area contributed by atoms with Crippen molar-refractivity contribution in [2.24, 2.45) is 0 Å². The number of hydrogen-bond donors (Lipinski definition) is 1. The summed E-state index contributed by atoms with van der Waals surface area (Å²) in [5.74, 6) is 1.93. The van der Waals surface area contributed by atoms with E-state index in [9.17, 15) is 4.79 Å². The van der Waals surface area contributed by atoms with E-state index >= 15 is 0 Å². The lowest BCUT2D eigenvalue weighted by molar-refractivity contribution is 0.884. The third-order valence-electron chi connectivity index (χ3n) is 4.09. The molecule has 0 aliphatic heterocycles. The number of benzene rings is 1. The normalized spacial score (nSPS) is 11.3. The molecular weight excluding hydrogens is 410 g/mol. The van der Waals surface area contributed by atoms with Crippen molar-refractivity contribution in [3.05, 3.63) is 75.5 Å². The second-order valence-electron chi connectivity index (χ2n) is 5.89. The van der Waals surface area contributed by atoms with Crippen molar-refractivity contribution >= 4 is 44.7 Å². The largest absolute Gasteiger partial charge is 0.309 e. The van der Waals surface area contributed by atoms with Crippen molar-refractivity contribution < 1.29 is 0 Å². The van der Waals surface area contributed by atoms with Crippen molar-refractivity contribution in [3.63, 3.8) is 0 Å². The highest BCUT2D eigenvalue weighted by Gasteiger charge is 2.17. The van der Waals surface area contributed by atoms with Crippen molar-refractivity contribution in [2.45, 2.75) is 10.9 Å². The number of nitrogens with zero attached hydrogens (tertiary/aromatic N) is 4. The molecule has 0 aliphatic rings. The number of thioether (sulfide) groups is 1. The van der Waals surface area contributed by atoms with E-state index in [2.05, 4.69) is 20.2 Å². The predicted octanol–water partition coefficient (Wildman–Crippen LogP) is 4.59. The predicted molar refractivity (Wildman–Crippen MR) is 114 cm³/mol. The second-order valence-corrected chi connectivity index (χ2v) is 8.70. The van der Waals surface area contributed by atoms with Crippen LogP contribution < -0.4 is 5.56 Å². The Balaban J connectivity index is 1.52. The van der Waals surface area contributed by atoms with Crippen LogP contribution in [0.1, 0.15) is 5.82 Å². The first kappa shape index (κ1) is 17.4. The molecule has 0 aliphatic carbocycles. The van der Waals surface area contributed by atoms with E-state index < -0.39 is 0 Å². The molecule has 0 spiro atoms. The van der Waals surface area contributed by atoms with Gasteiger partial charge < -0.3 is 4.98 Å². The molecule has 9 heteroatoms. The Bertz CT molecular complexity index is 1290. The zero-order valence-electron chi connectivity index (χ0n) is 14.4. The van der Waals surface area contributed by atoms with Gasteiger partial charge in [-0.3, -0.25) is 9.36 Å². The molecule has 0 saturated carbocycles. The van der Waals surface area contributed by atoms with Crippen LogP contribution in [0.3, 0.4) is 0 Å². The average Bonchev–Trinajstić information content (AvgIpc) is 3.46. The highest BCUT2D eigenvalue weighted by Crippen LogP contribution is 2.31. The summed E-state index contributed by atoms with van der Waals surface area (Å²) in [5.41, 5.74) is 1.63. The summed E-state index contributed by atoms with van der Waals surface area (Å²) < 4.78 is 2.69. The van der Waals surface area contributed by atoms with Gasteiger partial charge in [-0.25, -0.2) is 4.98 Å². The maximum absolute atomic E-state index is 12.2. The van der Waals surface area contributed by atoms with E-state index in [1.54, 1.807) is 11.3 Å². The molecule has 0 bridgehead atoms. The molecule has 0 fully saturated rings. The van der Waals surface area contributed by atoms with Gasteiger partial charge in [0.1, 0.15) is 10.5 Å². The van der Waals surface area contributed by atoms with Gasteiger partial charge in [-0.1, -0.05) is 36.0 Å². The molecule has 5 rings (SSSR count). The molecular formula is C19H13N5OS3. The van der Waals surface area contributed by atoms with Crippen molar-refractivity contribution in [3.8, 4) is 16.4 Å². The summed E-state index contributed by atoms with van der Waals surface area (Å²) in [7, 11) is 0. The summed E-state index contributed by atoms with van der Waals surface area (Å²) in [4.78, 5) is 20.7. The quantitative estimate of drug-likeness (QED) is 0.419. The number of aromatic nitrogens is 5. The van der Waals surface area contributed by atoms with Crippen LogP contribution >= 0.6 is 34.4 Å². The van der Waals surface area contributed by atoms with Gasteiger partial charge in [-0.05, 0) is 35.0 Å². The van der Waals surface area contributed by atoms with Crippen LogP contribution in [0.5, 0.6) is 0 Å². The molecule has 28 heavy (non-hydrogen) atoms. The Labute approximate surface area is 171 Å². The molecule has 5 aromatic rings. The zero-order valence-corrected chi connectivity index (χ0v) is 16.9. The lowest BCUT2D eigenvalue weighted by Gasteiger charge is -2.09. The molecule has 0 amide bonds. The number of para-hydroxylation sites is 1. The maximum atomic E-state index is 12.2. The van der Waals surface area contributed by atoms with Crippen LogP contribution in [0.2, 0.25) is 0 Å². The molecule has 0 radical (unpaired) electrons. The first-order chi connectivity index (χ1) is 13.8. The molecule has 138 valence electrons. The van der Waals surface area contributed by atoms with Gasteiger partial charge in [0.05, 0.1) is 16.1 Å². The van der Waals surface area contributed by atoms with Gasteiger partial charge in [-0.2, -0.15) is 0 Å². The third kappa shape index (κ3) is 3.17. The Hall–Kier alpha value is -2.75. The first-order valence-electron chi connectivity index (χ1n) is 8.43. The van der Waals surface area contributed by atoms with Crippen LogP contribution in [0, 0.1) is 0 Å². The standard InChI is InChI=1S/C19H13N5OS3/c25-18-16-13(8-10-27-16)20-15(21-18)11-28-19-23-22-17(14-7-4-9-26-14)24(19)12-5-2-1-3-6-12/h1-10H,11H2,(H,20,21,25). The number of thiophene rings is 2. The highest BCUT2D eigenvalue weighted by molar-refractivity contribution is 7.98. The Morgan fingerprint density at radius 1 is 1.00 bits per heavy atom. The van der Waals surface area contributed by atoms with Crippen LogP contribution in [0.4, 0.5) is 0 Å². The molecule has 0 saturated heterocycles. The monoisotopic (exact) mass is 423 g/mol. The van der Waals surface area contributed by atoms with Crippen LogP contribution in [0.25, 0.3) is 26.6 Å². The summed E-state index contributed by atoms with van der Waals surface area (Å²) in [5, 5.41) is 13.5. The maximum Gasteiger partial charge on any atom is 0.268 e. The van der Waals surface area contributed by atoms with E-state index in [1.807, 2.05) is 63.9 Å². The minimum Gasteiger partial charge on any atom is -0.309 e. The van der Waals surface area contributed by atoms with Gasteiger partial charge in [0, 0.05) is 5.69 Å². The lowest BCUT2D eigenvalue weighted by atomic mass is 10.3. The molecule has 6 nitrogen and oxygen atoms in total. The summed E-state index contributed by atoms with van der Waals surface area (Å²) in [6, 6.07) is 15.9. The Morgan fingerprint density at radius 2 is 1.89 bits per heavy atom. The Morgan fingerprint density at radius 3 is 2.71 bits per heavy atom. The summed E-state index contributed by atoms with van der Waals surface area (Å²) in [6.07, 6.45) is 0. The number of aromatic amines is 1. The molecule has 1 N–H and O–H groups in total. The number of H-pyrrole nitrogens is 1. The fraction of sp³-hybridized carbons (Fsp3) is 0.0526. The van der Waals surface area contributed by atoms with E-state index in [0.29, 0.717) is 16.3 Å². The van der Waals surface area contributed by atoms with E-state index in [0.717, 1.165) is 27.1 Å². The molecule has 0 atom stereocenters. The molecule has 0 unspecified atom stereocenters. The fourth-order valence-corrected chi connectivity index (χ4v) is 5.11. The SMILES string of the molecule is O=c1[nH]c(CSc2nnc(-c3cccs3)n2-c2ccccc2)nc2ccsc12. The Kier molecular flexibility index (Phi) is 4.55. The minimum absolute atomic E-state index is 0.0978. The van der Waals surface area contributed by atoms with Crippen LogP contribution in [-0.2, 0) is 5.75 Å². The molecule has 1 aromatic carbocycles. The average molecular weight is 424 g/mol. The first-order valence-corrected chi connectivity index (χ1v) is 11.2. The van der Waals surface area contributed by atoms with Crippen molar-refractivity contribution in [2.75, 3.05) is 0 Å². The number of nitrogens with one attached hydrogen (secondary N) is 1. The minimum atomic E-state index is -0.0978. The summed E-state index contributed by atoms with van der Waals surface area (Å²) >= 11 is 4.52. The topological polar surface area (TPSA) is 76.5 Å². The van der Waals surface area contributed by atoms with Crippen LogP contribution in [-0.4, -0.2) is 24.7 Å². The van der Waals surface area contributed by atoms with Gasteiger partial charge in [0.15, 0.2) is 11.0 Å². The molecule has 4 heterocycles. The van der Waals surface area contributed by atoms with Crippen molar-refractivity contribution in [1.82, 2.24) is 24.7 Å². The number of fused-ring (bicyclic) bond motifs is 1. The van der Waals surface area contributed by atoms with E-state index in [-0.39, 0.29) is 5.56 Å². The van der Waals surface area contributed by atoms with Gasteiger partial charge in [0.25, 0.3) is 5.56 Å². The van der Waals surface area contributed by atoms with Gasteiger partial charge >= 0.3 is 0 Å². The second kappa shape index (κ2) is 7.34. The van der Waals surface area contributed by atoms with Gasteiger partial charge in [0.2, 0.25) is 0 Å². The number of hydrogen-bond acceptors (Lipinski definition) is 7. The number of rotatable bonds is 5. The lowest BCUT2D eigenvalue weighted by Crippen LogP contribution is -2.09. The van der Waals surface area contributed by atoms with E-state index in [1.165, 1.54) is 23.1 Å². The van der Waals surface area contributed by atoms with Gasteiger partial charge in [-0.15, -0.1) is 32.9 Å². The fourth-order valence-electron chi connectivity index (χ4n) is 2.86. The van der Waals surface area contributed by atoms with Crippen molar-refractivity contribution in [1.29, 1.82) is 0 Å². The summed E-state index contributed by atoms with van der Waals surface area (Å²) in [6.45, 7) is 0. The van der Waals surface area contributed by atoms with E-state index in [4.69, 9.17) is 0 Å². The van der Waals surface area contributed by atoms with Crippen LogP contribution in [0.15, 0.2) is 69.2 Å². The molecule has 4 aromatic heterocycles.